The Morgan fingerprint density at radius 1 is 0.682 bits per heavy atom. The van der Waals surface area contributed by atoms with E-state index in [1.54, 1.807) is 0 Å². The molecule has 0 aromatic carbocycles. The van der Waals surface area contributed by atoms with E-state index in [1.165, 1.54) is 38.5 Å². The van der Waals surface area contributed by atoms with Gasteiger partial charge < -0.3 is 19.5 Å². The Labute approximate surface area is 138 Å². The van der Waals surface area contributed by atoms with Crippen LogP contribution in [0, 0.1) is 0 Å². The average Bonchev–Trinajstić information content (AvgIpc) is 2.51. The summed E-state index contributed by atoms with van der Waals surface area (Å²) >= 11 is 0. The van der Waals surface area contributed by atoms with Gasteiger partial charge in [-0.15, -0.1) is 0 Å². The molecule has 0 rings (SSSR count). The van der Waals surface area contributed by atoms with Gasteiger partial charge >= 0.3 is 0 Å². The Hall–Kier alpha value is -0.160. The second kappa shape index (κ2) is 18.9. The van der Waals surface area contributed by atoms with Crippen LogP contribution in [-0.4, -0.2) is 52.2 Å². The van der Waals surface area contributed by atoms with Crippen molar-refractivity contribution in [2.75, 3.05) is 46.2 Å². The summed E-state index contributed by atoms with van der Waals surface area (Å²) in [5.74, 6) is 0. The van der Waals surface area contributed by atoms with E-state index in [0.717, 1.165) is 26.2 Å². The molecule has 0 aromatic rings. The second-order valence-corrected chi connectivity index (χ2v) is 5.85. The number of ether oxygens (including phenoxy) is 3. The molecular weight excluding hydrogens is 278 g/mol. The summed E-state index contributed by atoms with van der Waals surface area (Å²) in [6, 6.07) is 0.529. The SMILES string of the molecule is CCCCCCCCOCCOCCOCCC(C)NCC. The highest BCUT2D eigenvalue weighted by Gasteiger charge is 1.98. The third-order valence-electron chi connectivity index (χ3n) is 3.63. The van der Waals surface area contributed by atoms with Gasteiger partial charge in [0.15, 0.2) is 0 Å². The van der Waals surface area contributed by atoms with Crippen molar-refractivity contribution in [1.82, 2.24) is 5.32 Å². The van der Waals surface area contributed by atoms with Crippen LogP contribution < -0.4 is 5.32 Å². The summed E-state index contributed by atoms with van der Waals surface area (Å²) in [7, 11) is 0. The van der Waals surface area contributed by atoms with Crippen molar-refractivity contribution < 1.29 is 14.2 Å². The van der Waals surface area contributed by atoms with Crippen LogP contribution in [0.5, 0.6) is 0 Å². The minimum atomic E-state index is 0.529. The number of rotatable bonds is 18. The van der Waals surface area contributed by atoms with Gasteiger partial charge in [-0.05, 0) is 26.3 Å². The van der Waals surface area contributed by atoms with Crippen molar-refractivity contribution in [3.63, 3.8) is 0 Å². The van der Waals surface area contributed by atoms with Crippen LogP contribution in [0.1, 0.15) is 65.7 Å². The van der Waals surface area contributed by atoms with E-state index >= 15 is 0 Å². The zero-order valence-electron chi connectivity index (χ0n) is 15.2. The molecule has 0 amide bonds. The molecule has 4 heteroatoms. The molecule has 1 atom stereocenters. The third kappa shape index (κ3) is 17.9. The maximum absolute atomic E-state index is 5.55. The molecule has 0 radical (unpaired) electrons. The van der Waals surface area contributed by atoms with E-state index in [0.29, 0.717) is 32.5 Å². The van der Waals surface area contributed by atoms with Crippen LogP contribution in [0.15, 0.2) is 0 Å². The molecule has 1 unspecified atom stereocenters. The number of hydrogen-bond acceptors (Lipinski definition) is 4. The molecular formula is C18H39NO3. The quantitative estimate of drug-likeness (QED) is 0.391. The average molecular weight is 318 g/mol. The molecule has 134 valence electrons. The summed E-state index contributed by atoms with van der Waals surface area (Å²) in [6.07, 6.45) is 8.91. The monoisotopic (exact) mass is 317 g/mol. The third-order valence-corrected chi connectivity index (χ3v) is 3.63. The topological polar surface area (TPSA) is 39.7 Å². The van der Waals surface area contributed by atoms with E-state index in [-0.39, 0.29) is 0 Å². The minimum Gasteiger partial charge on any atom is -0.379 e. The zero-order chi connectivity index (χ0) is 16.3. The molecule has 0 aromatic heterocycles. The van der Waals surface area contributed by atoms with E-state index in [9.17, 15) is 0 Å². The fraction of sp³-hybridized carbons (Fsp3) is 1.00. The predicted octanol–water partition coefficient (Wildman–Crippen LogP) is 3.78. The van der Waals surface area contributed by atoms with Crippen molar-refractivity contribution >= 4 is 0 Å². The van der Waals surface area contributed by atoms with Crippen molar-refractivity contribution in [3.05, 3.63) is 0 Å². The van der Waals surface area contributed by atoms with Gasteiger partial charge in [0.05, 0.1) is 26.4 Å². The van der Waals surface area contributed by atoms with Crippen LogP contribution in [0.25, 0.3) is 0 Å². The Morgan fingerprint density at radius 3 is 1.86 bits per heavy atom. The molecule has 1 N–H and O–H groups in total. The first-order valence-corrected chi connectivity index (χ1v) is 9.27. The lowest BCUT2D eigenvalue weighted by Gasteiger charge is -2.12. The van der Waals surface area contributed by atoms with Gasteiger partial charge in [-0.2, -0.15) is 0 Å². The fourth-order valence-corrected chi connectivity index (χ4v) is 2.24. The van der Waals surface area contributed by atoms with Gasteiger partial charge in [0.1, 0.15) is 0 Å². The lowest BCUT2D eigenvalue weighted by atomic mass is 10.1. The molecule has 0 fully saturated rings. The maximum atomic E-state index is 5.55. The van der Waals surface area contributed by atoms with Gasteiger partial charge in [-0.3, -0.25) is 0 Å². The standard InChI is InChI=1S/C18H39NO3/c1-4-6-7-8-9-10-12-20-14-16-22-17-15-21-13-11-18(3)19-5-2/h18-19H,4-17H2,1-3H3. The van der Waals surface area contributed by atoms with Crippen LogP contribution >= 0.6 is 0 Å². The molecule has 0 saturated carbocycles. The van der Waals surface area contributed by atoms with Gasteiger partial charge in [0.25, 0.3) is 0 Å². The number of unbranched alkanes of at least 4 members (excludes halogenated alkanes) is 5. The number of hydrogen-bond donors (Lipinski definition) is 1. The molecule has 0 aliphatic heterocycles. The first-order chi connectivity index (χ1) is 10.8. The maximum Gasteiger partial charge on any atom is 0.0701 e. The summed E-state index contributed by atoms with van der Waals surface area (Å²) in [6.45, 7) is 12.0. The van der Waals surface area contributed by atoms with Gasteiger partial charge in [0, 0.05) is 19.3 Å². The Balaban J connectivity index is 3.00. The van der Waals surface area contributed by atoms with Crippen LogP contribution in [-0.2, 0) is 14.2 Å². The Morgan fingerprint density at radius 2 is 1.23 bits per heavy atom. The summed E-state index contributed by atoms with van der Waals surface area (Å²) in [5, 5.41) is 3.37. The van der Waals surface area contributed by atoms with Crippen molar-refractivity contribution in [1.29, 1.82) is 0 Å². The van der Waals surface area contributed by atoms with E-state index in [1.807, 2.05) is 0 Å². The highest BCUT2D eigenvalue weighted by molar-refractivity contribution is 4.57. The van der Waals surface area contributed by atoms with Crippen molar-refractivity contribution in [3.8, 4) is 0 Å². The molecule has 4 nitrogen and oxygen atoms in total. The minimum absolute atomic E-state index is 0.529. The second-order valence-electron chi connectivity index (χ2n) is 5.85. The molecule has 0 heterocycles. The Kier molecular flexibility index (Phi) is 18.8. The predicted molar refractivity (Wildman–Crippen MR) is 93.6 cm³/mol. The smallest absolute Gasteiger partial charge is 0.0701 e. The Bertz CT molecular complexity index is 203. The first-order valence-electron chi connectivity index (χ1n) is 9.27. The summed E-state index contributed by atoms with van der Waals surface area (Å²) in [4.78, 5) is 0. The molecule has 0 spiro atoms. The zero-order valence-corrected chi connectivity index (χ0v) is 15.2. The first kappa shape index (κ1) is 21.8. The highest BCUT2D eigenvalue weighted by atomic mass is 16.5. The summed E-state index contributed by atoms with van der Waals surface area (Å²) in [5.41, 5.74) is 0. The molecule has 0 saturated heterocycles. The molecule has 0 bridgehead atoms. The molecule has 22 heavy (non-hydrogen) atoms. The lowest BCUT2D eigenvalue weighted by molar-refractivity contribution is 0.0126. The fourth-order valence-electron chi connectivity index (χ4n) is 2.24. The van der Waals surface area contributed by atoms with Gasteiger partial charge in [0.2, 0.25) is 0 Å². The molecule has 0 aliphatic carbocycles. The highest BCUT2D eigenvalue weighted by Crippen LogP contribution is 2.04. The normalized spacial score (nSPS) is 12.7. The lowest BCUT2D eigenvalue weighted by Crippen LogP contribution is -2.27. The van der Waals surface area contributed by atoms with Crippen molar-refractivity contribution in [2.24, 2.45) is 0 Å². The molecule has 0 aliphatic rings. The van der Waals surface area contributed by atoms with E-state index in [4.69, 9.17) is 14.2 Å². The van der Waals surface area contributed by atoms with Crippen LogP contribution in [0.4, 0.5) is 0 Å². The van der Waals surface area contributed by atoms with Gasteiger partial charge in [-0.1, -0.05) is 46.0 Å². The summed E-state index contributed by atoms with van der Waals surface area (Å²) < 4.78 is 16.6. The van der Waals surface area contributed by atoms with Crippen LogP contribution in [0.2, 0.25) is 0 Å². The van der Waals surface area contributed by atoms with Gasteiger partial charge in [-0.25, -0.2) is 0 Å². The van der Waals surface area contributed by atoms with E-state index in [2.05, 4.69) is 26.1 Å². The van der Waals surface area contributed by atoms with Crippen LogP contribution in [0.3, 0.4) is 0 Å². The largest absolute Gasteiger partial charge is 0.379 e. The number of nitrogens with one attached hydrogen (secondary N) is 1. The van der Waals surface area contributed by atoms with E-state index < -0.39 is 0 Å². The van der Waals surface area contributed by atoms with Crippen molar-refractivity contribution in [2.45, 2.75) is 71.8 Å².